The molecule has 0 fully saturated rings. The number of nitrogens with zero attached hydrogens (tertiary/aromatic N) is 2. The van der Waals surface area contributed by atoms with Crippen molar-refractivity contribution in [2.24, 2.45) is 0 Å². The second-order valence-electron chi connectivity index (χ2n) is 6.40. The lowest BCUT2D eigenvalue weighted by atomic mass is 10.1. The highest BCUT2D eigenvalue weighted by Crippen LogP contribution is 2.27. The summed E-state index contributed by atoms with van der Waals surface area (Å²) in [5, 5.41) is 7.03. The van der Waals surface area contributed by atoms with E-state index in [0.29, 0.717) is 31.0 Å². The van der Waals surface area contributed by atoms with Crippen LogP contribution in [-0.4, -0.2) is 36.5 Å². The molecule has 7 nitrogen and oxygen atoms in total. The Kier molecular flexibility index (Phi) is 6.63. The normalized spacial score (nSPS) is 10.4. The SMILES string of the molecule is COc1ccc(CCNC(=O)c2ccc(=O)n(Cc3ccccc3)n2)cc1OC. The number of carbonyl (C=O) groups is 1. The third-order valence-corrected chi connectivity index (χ3v) is 4.42. The molecule has 2 aromatic carbocycles. The summed E-state index contributed by atoms with van der Waals surface area (Å²) in [4.78, 5) is 24.5. The number of hydrogen-bond acceptors (Lipinski definition) is 5. The van der Waals surface area contributed by atoms with Crippen molar-refractivity contribution >= 4 is 5.91 Å². The molecule has 0 atom stereocenters. The van der Waals surface area contributed by atoms with Crippen LogP contribution in [0.3, 0.4) is 0 Å². The number of carbonyl (C=O) groups excluding carboxylic acids is 1. The average Bonchev–Trinajstić information content (AvgIpc) is 2.75. The molecule has 1 N–H and O–H groups in total. The summed E-state index contributed by atoms with van der Waals surface area (Å²) in [6.45, 7) is 0.736. The molecular weight excluding hydrogens is 370 g/mol. The number of benzene rings is 2. The number of hydrogen-bond donors (Lipinski definition) is 1. The monoisotopic (exact) mass is 393 g/mol. The van der Waals surface area contributed by atoms with Crippen molar-refractivity contribution in [1.82, 2.24) is 15.1 Å². The Balaban J connectivity index is 1.62. The van der Waals surface area contributed by atoms with Crippen molar-refractivity contribution in [3.63, 3.8) is 0 Å². The van der Waals surface area contributed by atoms with Crippen molar-refractivity contribution in [3.05, 3.63) is 87.8 Å². The minimum absolute atomic E-state index is 0.202. The molecule has 1 amide bonds. The van der Waals surface area contributed by atoms with Crippen LogP contribution in [0.5, 0.6) is 11.5 Å². The van der Waals surface area contributed by atoms with Gasteiger partial charge in [-0.05, 0) is 35.7 Å². The van der Waals surface area contributed by atoms with E-state index in [1.54, 1.807) is 14.2 Å². The maximum atomic E-state index is 12.4. The van der Waals surface area contributed by atoms with Gasteiger partial charge in [0, 0.05) is 12.6 Å². The topological polar surface area (TPSA) is 82.5 Å². The maximum Gasteiger partial charge on any atom is 0.271 e. The van der Waals surface area contributed by atoms with E-state index < -0.39 is 0 Å². The van der Waals surface area contributed by atoms with Gasteiger partial charge in [-0.15, -0.1) is 0 Å². The van der Waals surface area contributed by atoms with Gasteiger partial charge in [0.15, 0.2) is 11.5 Å². The molecule has 0 aliphatic rings. The van der Waals surface area contributed by atoms with E-state index in [2.05, 4.69) is 10.4 Å². The zero-order valence-corrected chi connectivity index (χ0v) is 16.4. The summed E-state index contributed by atoms with van der Waals surface area (Å²) in [5.74, 6) is 0.975. The van der Waals surface area contributed by atoms with Gasteiger partial charge in [0.05, 0.1) is 20.8 Å². The van der Waals surface area contributed by atoms with Crippen molar-refractivity contribution < 1.29 is 14.3 Å². The molecule has 0 unspecified atom stereocenters. The van der Waals surface area contributed by atoms with Gasteiger partial charge in [-0.3, -0.25) is 9.59 Å². The molecule has 3 rings (SSSR count). The van der Waals surface area contributed by atoms with Crippen molar-refractivity contribution in [2.45, 2.75) is 13.0 Å². The quantitative estimate of drug-likeness (QED) is 0.635. The summed E-state index contributed by atoms with van der Waals surface area (Å²) in [6.07, 6.45) is 0.621. The Labute approximate surface area is 168 Å². The number of ether oxygens (including phenoxy) is 2. The third kappa shape index (κ3) is 5.22. The first-order chi connectivity index (χ1) is 14.1. The fraction of sp³-hybridized carbons (Fsp3) is 0.227. The molecule has 29 heavy (non-hydrogen) atoms. The van der Waals surface area contributed by atoms with Crippen LogP contribution >= 0.6 is 0 Å². The molecule has 0 aliphatic heterocycles. The lowest BCUT2D eigenvalue weighted by Crippen LogP contribution is -2.31. The van der Waals surface area contributed by atoms with Crippen LogP contribution in [0, 0.1) is 0 Å². The van der Waals surface area contributed by atoms with Crippen molar-refractivity contribution in [3.8, 4) is 11.5 Å². The standard InChI is InChI=1S/C22H23N3O4/c1-28-19-10-8-16(14-20(19)29-2)12-13-23-22(27)18-9-11-21(26)25(24-18)15-17-6-4-3-5-7-17/h3-11,14H,12-13,15H2,1-2H3,(H,23,27). The van der Waals surface area contributed by atoms with E-state index in [9.17, 15) is 9.59 Å². The van der Waals surface area contributed by atoms with Gasteiger partial charge in [-0.2, -0.15) is 5.10 Å². The van der Waals surface area contributed by atoms with Gasteiger partial charge in [0.1, 0.15) is 5.69 Å². The van der Waals surface area contributed by atoms with Crippen LogP contribution < -0.4 is 20.3 Å². The maximum absolute atomic E-state index is 12.4. The minimum Gasteiger partial charge on any atom is -0.493 e. The number of rotatable bonds is 8. The predicted octanol–water partition coefficient (Wildman–Crippen LogP) is 2.28. The molecule has 0 bridgehead atoms. The zero-order valence-electron chi connectivity index (χ0n) is 16.4. The Morgan fingerprint density at radius 3 is 2.45 bits per heavy atom. The molecule has 7 heteroatoms. The summed E-state index contributed by atoms with van der Waals surface area (Å²) in [6, 6.07) is 17.9. The van der Waals surface area contributed by atoms with E-state index in [-0.39, 0.29) is 17.2 Å². The summed E-state index contributed by atoms with van der Waals surface area (Å²) in [5.41, 5.74) is 1.89. The zero-order chi connectivity index (χ0) is 20.6. The molecular formula is C22H23N3O4. The first-order valence-corrected chi connectivity index (χ1v) is 9.22. The number of amides is 1. The molecule has 3 aromatic rings. The second kappa shape index (κ2) is 9.54. The van der Waals surface area contributed by atoms with Crippen LogP contribution in [0.2, 0.25) is 0 Å². The summed E-state index contributed by atoms with van der Waals surface area (Å²) < 4.78 is 11.8. The largest absolute Gasteiger partial charge is 0.493 e. The van der Waals surface area contributed by atoms with Gasteiger partial charge < -0.3 is 14.8 Å². The highest BCUT2D eigenvalue weighted by atomic mass is 16.5. The Hall–Kier alpha value is -3.61. The second-order valence-corrected chi connectivity index (χ2v) is 6.40. The van der Waals surface area contributed by atoms with Gasteiger partial charge in [0.2, 0.25) is 0 Å². The van der Waals surface area contributed by atoms with Gasteiger partial charge >= 0.3 is 0 Å². The van der Waals surface area contributed by atoms with E-state index in [4.69, 9.17) is 9.47 Å². The molecule has 1 heterocycles. The van der Waals surface area contributed by atoms with Gasteiger partial charge in [-0.1, -0.05) is 36.4 Å². The van der Waals surface area contributed by atoms with Gasteiger partial charge in [0.25, 0.3) is 11.5 Å². The average molecular weight is 393 g/mol. The third-order valence-electron chi connectivity index (χ3n) is 4.42. The molecule has 0 saturated heterocycles. The fourth-order valence-electron chi connectivity index (χ4n) is 2.89. The summed E-state index contributed by atoms with van der Waals surface area (Å²) in [7, 11) is 3.17. The number of methoxy groups -OCH3 is 2. The van der Waals surface area contributed by atoms with Crippen LogP contribution in [0.15, 0.2) is 65.5 Å². The molecule has 0 radical (unpaired) electrons. The first kappa shape index (κ1) is 20.1. The molecule has 0 spiro atoms. The lowest BCUT2D eigenvalue weighted by molar-refractivity contribution is 0.0946. The number of nitrogens with one attached hydrogen (secondary N) is 1. The Bertz CT molecular complexity index is 1030. The van der Waals surface area contributed by atoms with Gasteiger partial charge in [-0.25, -0.2) is 4.68 Å². The molecule has 150 valence electrons. The van der Waals surface area contributed by atoms with E-state index in [1.165, 1.54) is 16.8 Å². The summed E-state index contributed by atoms with van der Waals surface area (Å²) >= 11 is 0. The first-order valence-electron chi connectivity index (χ1n) is 9.22. The van der Waals surface area contributed by atoms with E-state index in [1.807, 2.05) is 48.5 Å². The molecule has 1 aromatic heterocycles. The minimum atomic E-state index is -0.327. The molecule has 0 saturated carbocycles. The van der Waals surface area contributed by atoms with Crippen LogP contribution in [0.1, 0.15) is 21.6 Å². The highest BCUT2D eigenvalue weighted by molar-refractivity contribution is 5.91. The Morgan fingerprint density at radius 1 is 0.966 bits per heavy atom. The Morgan fingerprint density at radius 2 is 1.72 bits per heavy atom. The van der Waals surface area contributed by atoms with Crippen molar-refractivity contribution in [1.29, 1.82) is 0 Å². The highest BCUT2D eigenvalue weighted by Gasteiger charge is 2.10. The smallest absolute Gasteiger partial charge is 0.271 e. The van der Waals surface area contributed by atoms with E-state index >= 15 is 0 Å². The van der Waals surface area contributed by atoms with Crippen LogP contribution in [-0.2, 0) is 13.0 Å². The number of aromatic nitrogens is 2. The molecule has 0 aliphatic carbocycles. The predicted molar refractivity (Wildman–Crippen MR) is 110 cm³/mol. The fourth-order valence-corrected chi connectivity index (χ4v) is 2.89. The van der Waals surface area contributed by atoms with Crippen molar-refractivity contribution in [2.75, 3.05) is 20.8 Å². The van der Waals surface area contributed by atoms with E-state index in [0.717, 1.165) is 11.1 Å². The lowest BCUT2D eigenvalue weighted by Gasteiger charge is -2.10. The van der Waals surface area contributed by atoms with Crippen LogP contribution in [0.4, 0.5) is 0 Å². The van der Waals surface area contributed by atoms with Crippen LogP contribution in [0.25, 0.3) is 0 Å².